The number of rotatable bonds is 4. The van der Waals surface area contributed by atoms with Gasteiger partial charge in [0.15, 0.2) is 0 Å². The molecule has 0 aliphatic rings. The van der Waals surface area contributed by atoms with E-state index in [1.807, 2.05) is 42.8 Å². The van der Waals surface area contributed by atoms with E-state index in [9.17, 15) is 9.59 Å². The summed E-state index contributed by atoms with van der Waals surface area (Å²) in [6.07, 6.45) is 3.71. The van der Waals surface area contributed by atoms with Crippen molar-refractivity contribution in [3.8, 4) is 0 Å². The Bertz CT molecular complexity index is 1240. The summed E-state index contributed by atoms with van der Waals surface area (Å²) in [7, 11) is 0. The molecular formula is C21H17ClN4O2S. The Hall–Kier alpha value is -3.16. The van der Waals surface area contributed by atoms with Crippen molar-refractivity contribution in [3.63, 3.8) is 0 Å². The van der Waals surface area contributed by atoms with E-state index in [1.165, 1.54) is 11.3 Å². The first-order valence-electron chi connectivity index (χ1n) is 8.84. The van der Waals surface area contributed by atoms with Crippen molar-refractivity contribution in [1.29, 1.82) is 0 Å². The van der Waals surface area contributed by atoms with Gasteiger partial charge in [-0.05, 0) is 49.7 Å². The maximum atomic E-state index is 12.7. The smallest absolute Gasteiger partial charge is 0.266 e. The van der Waals surface area contributed by atoms with E-state index in [1.54, 1.807) is 30.3 Å². The summed E-state index contributed by atoms with van der Waals surface area (Å²) in [5.74, 6) is -0.549. The first kappa shape index (κ1) is 19.2. The Morgan fingerprint density at radius 2 is 1.83 bits per heavy atom. The van der Waals surface area contributed by atoms with Crippen molar-refractivity contribution in [2.45, 2.75) is 13.8 Å². The van der Waals surface area contributed by atoms with E-state index in [4.69, 9.17) is 11.6 Å². The molecule has 0 atom stereocenters. The quantitative estimate of drug-likeness (QED) is 0.474. The molecule has 146 valence electrons. The minimum absolute atomic E-state index is 0.234. The summed E-state index contributed by atoms with van der Waals surface area (Å²) >= 11 is 7.29. The number of nitrogens with zero attached hydrogens (tertiary/aromatic N) is 2. The molecular weight excluding hydrogens is 408 g/mol. The minimum atomic E-state index is -0.315. The van der Waals surface area contributed by atoms with Gasteiger partial charge in [-0.25, -0.2) is 4.98 Å². The van der Waals surface area contributed by atoms with Gasteiger partial charge in [-0.15, -0.1) is 11.3 Å². The predicted molar refractivity (Wildman–Crippen MR) is 116 cm³/mol. The van der Waals surface area contributed by atoms with Crippen LogP contribution in [-0.2, 0) is 0 Å². The van der Waals surface area contributed by atoms with Crippen LogP contribution in [0.15, 0.2) is 54.9 Å². The zero-order chi connectivity index (χ0) is 20.5. The van der Waals surface area contributed by atoms with Crippen LogP contribution in [-0.4, -0.2) is 21.2 Å². The van der Waals surface area contributed by atoms with Gasteiger partial charge < -0.3 is 15.0 Å². The zero-order valence-electron chi connectivity index (χ0n) is 15.7. The third kappa shape index (κ3) is 4.01. The average Bonchev–Trinajstić information content (AvgIpc) is 3.22. The number of anilines is 2. The number of amides is 2. The monoisotopic (exact) mass is 424 g/mol. The van der Waals surface area contributed by atoms with Gasteiger partial charge >= 0.3 is 0 Å². The van der Waals surface area contributed by atoms with Crippen LogP contribution in [0.4, 0.5) is 10.7 Å². The van der Waals surface area contributed by atoms with Gasteiger partial charge in [0.1, 0.15) is 5.65 Å². The molecule has 3 heterocycles. The number of nitrogens with one attached hydrogen (secondary N) is 2. The summed E-state index contributed by atoms with van der Waals surface area (Å²) < 4.78 is 1.86. The second kappa shape index (κ2) is 7.69. The molecule has 8 heteroatoms. The van der Waals surface area contributed by atoms with Crippen molar-refractivity contribution in [1.82, 2.24) is 9.38 Å². The molecule has 3 aromatic heterocycles. The van der Waals surface area contributed by atoms with Crippen LogP contribution in [0.2, 0.25) is 5.02 Å². The fourth-order valence-electron chi connectivity index (χ4n) is 2.97. The number of halogens is 1. The summed E-state index contributed by atoms with van der Waals surface area (Å²) in [6.45, 7) is 3.75. The highest BCUT2D eigenvalue weighted by Crippen LogP contribution is 2.28. The van der Waals surface area contributed by atoms with E-state index in [-0.39, 0.29) is 11.8 Å². The molecule has 0 radical (unpaired) electrons. The average molecular weight is 425 g/mol. The Balaban J connectivity index is 1.51. The second-order valence-corrected chi connectivity index (χ2v) is 8.04. The van der Waals surface area contributed by atoms with Crippen molar-refractivity contribution in [2.75, 3.05) is 10.6 Å². The number of imidazole rings is 1. The Morgan fingerprint density at radius 1 is 1.03 bits per heavy atom. The zero-order valence-corrected chi connectivity index (χ0v) is 17.3. The number of hydrogen-bond acceptors (Lipinski definition) is 4. The Kier molecular flexibility index (Phi) is 5.08. The Labute approximate surface area is 176 Å². The van der Waals surface area contributed by atoms with Crippen LogP contribution in [0.5, 0.6) is 0 Å². The molecule has 6 nitrogen and oxygen atoms in total. The molecule has 29 heavy (non-hydrogen) atoms. The number of hydrogen-bond donors (Lipinski definition) is 2. The van der Waals surface area contributed by atoms with E-state index in [0.29, 0.717) is 26.2 Å². The summed E-state index contributed by atoms with van der Waals surface area (Å²) in [4.78, 5) is 30.1. The molecule has 0 fully saturated rings. The van der Waals surface area contributed by atoms with E-state index >= 15 is 0 Å². The number of fused-ring (bicyclic) bond motifs is 1. The van der Waals surface area contributed by atoms with Crippen LogP contribution in [0, 0.1) is 13.8 Å². The highest BCUT2D eigenvalue weighted by atomic mass is 35.5. The summed E-state index contributed by atoms with van der Waals surface area (Å²) in [5.41, 5.74) is 3.55. The fraction of sp³-hybridized carbons (Fsp3) is 0.0952. The van der Waals surface area contributed by atoms with Crippen molar-refractivity contribution in [3.05, 3.63) is 81.6 Å². The first-order valence-corrected chi connectivity index (χ1v) is 10.0. The molecule has 4 aromatic rings. The van der Waals surface area contributed by atoms with Crippen LogP contribution in [0.3, 0.4) is 0 Å². The van der Waals surface area contributed by atoms with Gasteiger partial charge in [0.05, 0.1) is 31.8 Å². The number of carbonyl (C=O) groups is 2. The summed E-state index contributed by atoms with van der Waals surface area (Å²) in [5, 5.41) is 6.66. The molecule has 0 saturated carbocycles. The third-order valence-electron chi connectivity index (χ3n) is 4.31. The number of benzene rings is 1. The lowest BCUT2D eigenvalue weighted by atomic mass is 10.2. The largest absolute Gasteiger partial charge is 0.320 e. The van der Waals surface area contributed by atoms with Crippen LogP contribution in [0.1, 0.15) is 31.3 Å². The second-order valence-electron chi connectivity index (χ2n) is 6.58. The molecule has 0 saturated heterocycles. The highest BCUT2D eigenvalue weighted by Gasteiger charge is 2.17. The molecule has 4 rings (SSSR count). The SMILES string of the molecule is Cc1cn2cc(NC(=O)c3sc(NC(=O)c4ccccc4Cl)cc3C)ccc2n1. The number of aromatic nitrogens is 2. The van der Waals surface area contributed by atoms with Gasteiger partial charge in [0.25, 0.3) is 11.8 Å². The molecule has 1 aromatic carbocycles. The van der Waals surface area contributed by atoms with E-state index in [0.717, 1.165) is 16.9 Å². The minimum Gasteiger partial charge on any atom is -0.320 e. The molecule has 2 N–H and O–H groups in total. The fourth-order valence-corrected chi connectivity index (χ4v) is 4.16. The molecule has 0 bridgehead atoms. The van der Waals surface area contributed by atoms with Crippen LogP contribution < -0.4 is 10.6 Å². The first-order chi connectivity index (χ1) is 13.9. The van der Waals surface area contributed by atoms with Crippen LogP contribution in [0.25, 0.3) is 5.65 Å². The van der Waals surface area contributed by atoms with Crippen LogP contribution >= 0.6 is 22.9 Å². The lowest BCUT2D eigenvalue weighted by molar-refractivity contribution is 0.102. The van der Waals surface area contributed by atoms with Gasteiger partial charge in [-0.3, -0.25) is 9.59 Å². The van der Waals surface area contributed by atoms with Gasteiger partial charge in [0.2, 0.25) is 0 Å². The van der Waals surface area contributed by atoms with E-state index in [2.05, 4.69) is 15.6 Å². The summed E-state index contributed by atoms with van der Waals surface area (Å²) in [6, 6.07) is 12.3. The number of aryl methyl sites for hydroxylation is 2. The van der Waals surface area contributed by atoms with E-state index < -0.39 is 0 Å². The lowest BCUT2D eigenvalue weighted by Crippen LogP contribution is -2.12. The van der Waals surface area contributed by atoms with Gasteiger partial charge in [-0.1, -0.05) is 23.7 Å². The normalized spacial score (nSPS) is 10.9. The molecule has 0 aliphatic carbocycles. The lowest BCUT2D eigenvalue weighted by Gasteiger charge is -2.05. The van der Waals surface area contributed by atoms with Gasteiger partial charge in [-0.2, -0.15) is 0 Å². The van der Waals surface area contributed by atoms with Crippen molar-refractivity contribution >= 4 is 51.1 Å². The molecule has 2 amide bonds. The van der Waals surface area contributed by atoms with Crippen molar-refractivity contribution < 1.29 is 9.59 Å². The van der Waals surface area contributed by atoms with Gasteiger partial charge in [0, 0.05) is 12.4 Å². The molecule has 0 spiro atoms. The molecule has 0 aliphatic heterocycles. The molecule has 0 unspecified atom stereocenters. The number of thiophene rings is 1. The third-order valence-corrected chi connectivity index (χ3v) is 5.79. The Morgan fingerprint density at radius 3 is 2.62 bits per heavy atom. The predicted octanol–water partition coefficient (Wildman–Crippen LogP) is 5.17. The maximum Gasteiger partial charge on any atom is 0.266 e. The number of pyridine rings is 1. The van der Waals surface area contributed by atoms with Crippen molar-refractivity contribution in [2.24, 2.45) is 0 Å². The number of carbonyl (C=O) groups excluding carboxylic acids is 2. The maximum absolute atomic E-state index is 12.7. The standard InChI is InChI=1S/C21H17ClN4O2S/c1-12-9-18(25-20(27)15-5-3-4-6-16(15)22)29-19(12)21(28)24-14-7-8-17-23-13(2)10-26(17)11-14/h3-11H,1-2H3,(H,24,28)(H,25,27). The highest BCUT2D eigenvalue weighted by molar-refractivity contribution is 7.18. The topological polar surface area (TPSA) is 75.5 Å².